The number of aryl methyl sites for hydroxylation is 1. The first-order chi connectivity index (χ1) is 9.72. The molecule has 5 heteroatoms. The van der Waals surface area contributed by atoms with Gasteiger partial charge in [-0.15, -0.1) is 22.9 Å². The van der Waals surface area contributed by atoms with E-state index in [1.807, 2.05) is 17.5 Å². The van der Waals surface area contributed by atoms with E-state index in [1.165, 1.54) is 10.7 Å². The average Bonchev–Trinajstić information content (AvgIpc) is 2.95. The van der Waals surface area contributed by atoms with Crippen LogP contribution in [0.3, 0.4) is 0 Å². The van der Waals surface area contributed by atoms with Gasteiger partial charge in [-0.2, -0.15) is 0 Å². The molecule has 0 aliphatic heterocycles. The molecule has 0 unspecified atom stereocenters. The van der Waals surface area contributed by atoms with Crippen molar-refractivity contribution in [3.05, 3.63) is 40.3 Å². The zero-order valence-electron chi connectivity index (χ0n) is 11.8. The lowest BCUT2D eigenvalue weighted by Crippen LogP contribution is -2.18. The highest BCUT2D eigenvalue weighted by atomic mass is 35.5. The smallest absolute Gasteiger partial charge is 0.120 e. The summed E-state index contributed by atoms with van der Waals surface area (Å²) in [6.07, 6.45) is 2.07. The second-order valence-corrected chi connectivity index (χ2v) is 5.80. The molecule has 3 nitrogen and oxygen atoms in total. The van der Waals surface area contributed by atoms with Gasteiger partial charge in [0, 0.05) is 37.1 Å². The topological polar surface area (TPSA) is 25.4 Å². The Balaban J connectivity index is 1.83. The molecule has 1 aromatic carbocycles. The fourth-order valence-electron chi connectivity index (χ4n) is 1.97. The Hall–Kier alpha value is -1.26. The number of ether oxygens (including phenoxy) is 1. The van der Waals surface area contributed by atoms with Crippen LogP contribution in [0, 0.1) is 0 Å². The number of rotatable bonds is 7. The SMILES string of the molecule is COc1cccc(N(C)CCCc2nc(CCl)cs2)c1. The lowest BCUT2D eigenvalue weighted by Gasteiger charge is -2.19. The maximum Gasteiger partial charge on any atom is 0.120 e. The fraction of sp³-hybridized carbons (Fsp3) is 0.400. The van der Waals surface area contributed by atoms with Crippen LogP contribution in [0.4, 0.5) is 5.69 Å². The van der Waals surface area contributed by atoms with Crippen molar-refractivity contribution >= 4 is 28.6 Å². The van der Waals surface area contributed by atoms with Gasteiger partial charge in [0.15, 0.2) is 0 Å². The summed E-state index contributed by atoms with van der Waals surface area (Å²) in [4.78, 5) is 6.71. The minimum Gasteiger partial charge on any atom is -0.497 e. The first-order valence-corrected chi connectivity index (χ1v) is 7.99. The molecule has 0 fully saturated rings. The van der Waals surface area contributed by atoms with Gasteiger partial charge in [0.2, 0.25) is 0 Å². The van der Waals surface area contributed by atoms with Gasteiger partial charge in [0.05, 0.1) is 23.7 Å². The van der Waals surface area contributed by atoms with Crippen LogP contribution in [0.2, 0.25) is 0 Å². The number of anilines is 1. The van der Waals surface area contributed by atoms with Gasteiger partial charge in [0.25, 0.3) is 0 Å². The van der Waals surface area contributed by atoms with Crippen molar-refractivity contribution in [2.24, 2.45) is 0 Å². The average molecular weight is 311 g/mol. The highest BCUT2D eigenvalue weighted by Crippen LogP contribution is 2.20. The van der Waals surface area contributed by atoms with Crippen molar-refractivity contribution in [1.82, 2.24) is 4.98 Å². The van der Waals surface area contributed by atoms with Crippen LogP contribution in [0.1, 0.15) is 17.1 Å². The lowest BCUT2D eigenvalue weighted by molar-refractivity contribution is 0.415. The van der Waals surface area contributed by atoms with E-state index in [4.69, 9.17) is 16.3 Å². The Morgan fingerprint density at radius 2 is 2.25 bits per heavy atom. The minimum absolute atomic E-state index is 0.500. The number of aromatic nitrogens is 1. The van der Waals surface area contributed by atoms with Crippen molar-refractivity contribution in [2.75, 3.05) is 25.6 Å². The molecule has 2 aromatic rings. The van der Waals surface area contributed by atoms with Crippen LogP contribution in [-0.4, -0.2) is 25.7 Å². The molecule has 0 spiro atoms. The summed E-state index contributed by atoms with van der Waals surface area (Å²) in [7, 11) is 3.79. The van der Waals surface area contributed by atoms with Gasteiger partial charge < -0.3 is 9.64 Å². The molecule has 0 radical (unpaired) electrons. The van der Waals surface area contributed by atoms with Crippen LogP contribution >= 0.6 is 22.9 Å². The van der Waals surface area contributed by atoms with Crippen molar-refractivity contribution in [2.45, 2.75) is 18.7 Å². The number of methoxy groups -OCH3 is 1. The van der Waals surface area contributed by atoms with Crippen molar-refractivity contribution in [1.29, 1.82) is 0 Å². The van der Waals surface area contributed by atoms with E-state index in [0.29, 0.717) is 5.88 Å². The van der Waals surface area contributed by atoms with E-state index >= 15 is 0 Å². The Morgan fingerprint density at radius 1 is 1.40 bits per heavy atom. The molecule has 0 aliphatic rings. The molecule has 0 aliphatic carbocycles. The summed E-state index contributed by atoms with van der Waals surface area (Å²) in [6.45, 7) is 0.989. The zero-order chi connectivity index (χ0) is 14.4. The lowest BCUT2D eigenvalue weighted by atomic mass is 10.2. The quantitative estimate of drug-likeness (QED) is 0.724. The van der Waals surface area contributed by atoms with Crippen molar-refractivity contribution in [3.63, 3.8) is 0 Å². The second-order valence-electron chi connectivity index (χ2n) is 4.59. The van der Waals surface area contributed by atoms with Gasteiger partial charge >= 0.3 is 0 Å². The van der Waals surface area contributed by atoms with Crippen LogP contribution in [0.25, 0.3) is 0 Å². The highest BCUT2D eigenvalue weighted by Gasteiger charge is 2.04. The summed E-state index contributed by atoms with van der Waals surface area (Å²) in [6, 6.07) is 8.12. The van der Waals surface area contributed by atoms with Gasteiger partial charge in [-0.1, -0.05) is 6.07 Å². The van der Waals surface area contributed by atoms with Gasteiger partial charge in [-0.3, -0.25) is 0 Å². The largest absolute Gasteiger partial charge is 0.497 e. The highest BCUT2D eigenvalue weighted by molar-refractivity contribution is 7.09. The van der Waals surface area contributed by atoms with E-state index in [2.05, 4.69) is 29.1 Å². The maximum atomic E-state index is 5.76. The summed E-state index contributed by atoms with van der Waals surface area (Å²) < 4.78 is 5.25. The van der Waals surface area contributed by atoms with Crippen LogP contribution in [-0.2, 0) is 12.3 Å². The first kappa shape index (κ1) is 15.1. The molecule has 1 aromatic heterocycles. The monoisotopic (exact) mass is 310 g/mol. The van der Waals surface area contributed by atoms with E-state index in [1.54, 1.807) is 18.4 Å². The third-order valence-corrected chi connectivity index (χ3v) is 4.35. The zero-order valence-corrected chi connectivity index (χ0v) is 13.4. The number of alkyl halides is 1. The fourth-order valence-corrected chi connectivity index (χ4v) is 3.04. The second kappa shape index (κ2) is 7.50. The molecule has 0 bridgehead atoms. The van der Waals surface area contributed by atoms with Gasteiger partial charge in [0.1, 0.15) is 5.75 Å². The predicted octanol–water partition coefficient (Wildman–Crippen LogP) is 3.96. The molecule has 0 saturated heterocycles. The van der Waals surface area contributed by atoms with Crippen molar-refractivity contribution in [3.8, 4) is 5.75 Å². The maximum absolute atomic E-state index is 5.76. The first-order valence-electron chi connectivity index (χ1n) is 6.57. The molecule has 1 heterocycles. The van der Waals surface area contributed by atoms with Crippen LogP contribution in [0.15, 0.2) is 29.6 Å². The third kappa shape index (κ3) is 4.12. The molecular weight excluding hydrogens is 292 g/mol. The number of halogens is 1. The molecular formula is C15H19ClN2OS. The number of nitrogens with zero attached hydrogens (tertiary/aromatic N) is 2. The number of hydrogen-bond donors (Lipinski definition) is 0. The summed E-state index contributed by atoms with van der Waals surface area (Å²) in [5.74, 6) is 1.39. The van der Waals surface area contributed by atoms with E-state index in [0.717, 1.165) is 30.8 Å². The van der Waals surface area contributed by atoms with E-state index in [9.17, 15) is 0 Å². The Labute approximate surface area is 129 Å². The summed E-state index contributed by atoms with van der Waals surface area (Å²) in [5, 5.41) is 3.20. The predicted molar refractivity (Wildman–Crippen MR) is 86.3 cm³/mol. The number of hydrogen-bond acceptors (Lipinski definition) is 4. The van der Waals surface area contributed by atoms with E-state index in [-0.39, 0.29) is 0 Å². The summed E-state index contributed by atoms with van der Waals surface area (Å²) in [5.41, 5.74) is 2.15. The molecule has 108 valence electrons. The molecule has 2 rings (SSSR count). The van der Waals surface area contributed by atoms with Crippen LogP contribution in [0.5, 0.6) is 5.75 Å². The number of thiazole rings is 1. The Bertz CT molecular complexity index is 544. The van der Waals surface area contributed by atoms with Crippen molar-refractivity contribution < 1.29 is 4.74 Å². The summed E-state index contributed by atoms with van der Waals surface area (Å²) >= 11 is 7.45. The molecule has 0 saturated carbocycles. The molecule has 0 N–H and O–H groups in total. The minimum atomic E-state index is 0.500. The molecule has 0 amide bonds. The normalized spacial score (nSPS) is 10.6. The Kier molecular flexibility index (Phi) is 5.68. The van der Waals surface area contributed by atoms with Gasteiger partial charge in [-0.25, -0.2) is 4.98 Å². The Morgan fingerprint density at radius 3 is 2.95 bits per heavy atom. The van der Waals surface area contributed by atoms with Gasteiger partial charge in [-0.05, 0) is 18.6 Å². The van der Waals surface area contributed by atoms with E-state index < -0.39 is 0 Å². The number of benzene rings is 1. The van der Waals surface area contributed by atoms with Crippen LogP contribution < -0.4 is 9.64 Å². The molecule has 20 heavy (non-hydrogen) atoms. The third-order valence-electron chi connectivity index (χ3n) is 3.11. The molecule has 0 atom stereocenters. The standard InChI is InChI=1S/C15H19ClN2OS/c1-18(13-5-3-6-14(9-13)19-2)8-4-7-15-17-12(10-16)11-20-15/h3,5-6,9,11H,4,7-8,10H2,1-2H3.